The van der Waals surface area contributed by atoms with Gasteiger partial charge in [0.25, 0.3) is 0 Å². The topological polar surface area (TPSA) is 152 Å². The van der Waals surface area contributed by atoms with E-state index in [0.717, 1.165) is 0 Å². The van der Waals surface area contributed by atoms with Crippen molar-refractivity contribution in [2.24, 2.45) is 0 Å². The maximum atomic E-state index is 9.55. The molecule has 0 aromatic carbocycles. The molecule has 86 valence electrons. The molecular weight excluding hydrogens is 212 g/mol. The lowest BCUT2D eigenvalue weighted by Crippen LogP contribution is -2.22. The van der Waals surface area contributed by atoms with Crippen LogP contribution in [0.2, 0.25) is 0 Å². The van der Waals surface area contributed by atoms with Crippen LogP contribution in [-0.4, -0.2) is 56.2 Å². The minimum Gasteiger partial charge on any atom is -0.479 e. The molecule has 0 aliphatic heterocycles. The smallest absolute Gasteiger partial charge is 0.334 e. The van der Waals surface area contributed by atoms with Crippen LogP contribution in [0.15, 0.2) is 12.2 Å². The van der Waals surface area contributed by atoms with Gasteiger partial charge in [-0.25, -0.2) is 14.4 Å². The monoisotopic (exact) mass is 222 g/mol. The molecule has 0 rings (SSSR count). The molecule has 8 nitrogen and oxygen atoms in total. The van der Waals surface area contributed by atoms with Crippen LogP contribution in [0.3, 0.4) is 0 Å². The van der Waals surface area contributed by atoms with Crippen LogP contribution < -0.4 is 0 Å². The van der Waals surface area contributed by atoms with Gasteiger partial charge < -0.3 is 25.5 Å². The van der Waals surface area contributed by atoms with Crippen molar-refractivity contribution in [2.75, 3.05) is 6.61 Å². The highest BCUT2D eigenvalue weighted by Crippen LogP contribution is 1.75. The van der Waals surface area contributed by atoms with E-state index in [1.54, 1.807) is 0 Å². The van der Waals surface area contributed by atoms with Crippen molar-refractivity contribution in [3.63, 3.8) is 0 Å². The highest BCUT2D eigenvalue weighted by molar-refractivity contribution is 5.89. The lowest BCUT2D eigenvalue weighted by atomic mass is 10.4. The lowest BCUT2D eigenvalue weighted by Gasteiger charge is -1.95. The lowest BCUT2D eigenvalue weighted by molar-refractivity contribution is -0.148. The molecule has 5 N–H and O–H groups in total. The third-order valence-electron chi connectivity index (χ3n) is 0.826. The molecule has 0 aromatic rings. The van der Waals surface area contributed by atoms with E-state index in [9.17, 15) is 14.4 Å². The van der Waals surface area contributed by atoms with Gasteiger partial charge in [0.1, 0.15) is 0 Å². The third kappa shape index (κ3) is 14.9. The van der Waals surface area contributed by atoms with Gasteiger partial charge in [0.15, 0.2) is 6.10 Å². The molecule has 0 radical (unpaired) electrons. The molecule has 0 spiro atoms. The molecule has 8 heteroatoms. The Hall–Kier alpha value is -1.93. The van der Waals surface area contributed by atoms with E-state index in [-0.39, 0.29) is 0 Å². The van der Waals surface area contributed by atoms with Gasteiger partial charge in [-0.05, 0) is 0 Å². The van der Waals surface area contributed by atoms with E-state index >= 15 is 0 Å². The molecule has 0 aliphatic carbocycles. The highest BCUT2D eigenvalue weighted by Gasteiger charge is 2.08. The second-order valence-electron chi connectivity index (χ2n) is 2.05. The standard InChI is InChI=1S/C4H4O4.C3H6O4/c5-3(6)1-2-4(7)8;4-1-2(5)3(6)7/h1-2H,(H,5,6)(H,7,8);2,4-5H,1H2,(H,6,7)/b2-1+;. The predicted molar refractivity (Wildman–Crippen MR) is 45.1 cm³/mol. The number of rotatable bonds is 4. The third-order valence-corrected chi connectivity index (χ3v) is 0.826. The normalized spacial score (nSPS) is 11.3. The largest absolute Gasteiger partial charge is 0.479 e. The van der Waals surface area contributed by atoms with E-state index < -0.39 is 30.6 Å². The highest BCUT2D eigenvalue weighted by atomic mass is 16.4. The number of hydrogen-bond donors (Lipinski definition) is 5. The van der Waals surface area contributed by atoms with Crippen molar-refractivity contribution in [1.82, 2.24) is 0 Å². The van der Waals surface area contributed by atoms with E-state index in [2.05, 4.69) is 0 Å². The van der Waals surface area contributed by atoms with Gasteiger partial charge in [0.2, 0.25) is 0 Å². The van der Waals surface area contributed by atoms with Crippen LogP contribution in [0.25, 0.3) is 0 Å². The molecule has 0 aromatic heterocycles. The summed E-state index contributed by atoms with van der Waals surface area (Å²) in [7, 11) is 0. The van der Waals surface area contributed by atoms with Crippen molar-refractivity contribution in [3.05, 3.63) is 12.2 Å². The number of aliphatic carboxylic acids is 3. The van der Waals surface area contributed by atoms with Gasteiger partial charge in [-0.1, -0.05) is 0 Å². The van der Waals surface area contributed by atoms with E-state index in [0.29, 0.717) is 12.2 Å². The van der Waals surface area contributed by atoms with Crippen molar-refractivity contribution >= 4 is 17.9 Å². The molecule has 0 bridgehead atoms. The summed E-state index contributed by atoms with van der Waals surface area (Å²) in [6, 6.07) is 0. The number of carboxylic acid groups (broad SMARTS) is 3. The summed E-state index contributed by atoms with van der Waals surface area (Å²) >= 11 is 0. The summed E-state index contributed by atoms with van der Waals surface area (Å²) in [6.07, 6.45) is -0.509. The van der Waals surface area contributed by atoms with Crippen molar-refractivity contribution < 1.29 is 39.9 Å². The van der Waals surface area contributed by atoms with Gasteiger partial charge >= 0.3 is 17.9 Å². The van der Waals surface area contributed by atoms with E-state index in [1.165, 1.54) is 0 Å². The Kier molecular flexibility index (Phi) is 8.97. The Morgan fingerprint density at radius 1 is 1.00 bits per heavy atom. The zero-order valence-electron chi connectivity index (χ0n) is 7.40. The molecule has 0 heterocycles. The SMILES string of the molecule is O=C(O)/C=C/C(=O)O.O=C(O)C(O)CO. The summed E-state index contributed by atoms with van der Waals surface area (Å²) in [4.78, 5) is 28.6. The summed E-state index contributed by atoms with van der Waals surface area (Å²) in [5.41, 5.74) is 0. The first-order valence-corrected chi connectivity index (χ1v) is 3.47. The van der Waals surface area contributed by atoms with Crippen molar-refractivity contribution in [2.45, 2.75) is 6.10 Å². The van der Waals surface area contributed by atoms with Crippen LogP contribution in [0.1, 0.15) is 0 Å². The first kappa shape index (κ1) is 15.5. The van der Waals surface area contributed by atoms with E-state index in [1.807, 2.05) is 0 Å². The fourth-order valence-electron chi connectivity index (χ4n) is 0.221. The maximum Gasteiger partial charge on any atom is 0.334 e. The molecule has 0 amide bonds. The van der Waals surface area contributed by atoms with Gasteiger partial charge in [-0.15, -0.1) is 0 Å². The minimum atomic E-state index is -1.63. The minimum absolute atomic E-state index is 0.558. The molecule has 15 heavy (non-hydrogen) atoms. The molecule has 0 saturated carbocycles. The van der Waals surface area contributed by atoms with Crippen LogP contribution in [-0.2, 0) is 14.4 Å². The first-order chi connectivity index (χ1) is 6.81. The Morgan fingerprint density at radius 3 is 1.40 bits per heavy atom. The second kappa shape index (κ2) is 8.66. The Balaban J connectivity index is 0. The first-order valence-electron chi connectivity index (χ1n) is 3.47. The number of carboxylic acids is 3. The summed E-state index contributed by atoms with van der Waals surface area (Å²) in [6.45, 7) is -0.727. The average molecular weight is 222 g/mol. The van der Waals surface area contributed by atoms with Crippen LogP contribution >= 0.6 is 0 Å². The zero-order valence-corrected chi connectivity index (χ0v) is 7.40. The maximum absolute atomic E-state index is 9.55. The van der Waals surface area contributed by atoms with Crippen molar-refractivity contribution in [1.29, 1.82) is 0 Å². The Morgan fingerprint density at radius 2 is 1.33 bits per heavy atom. The second-order valence-corrected chi connectivity index (χ2v) is 2.05. The number of hydrogen-bond acceptors (Lipinski definition) is 5. The van der Waals surface area contributed by atoms with Crippen LogP contribution in [0.5, 0.6) is 0 Å². The van der Waals surface area contributed by atoms with Gasteiger partial charge in [-0.2, -0.15) is 0 Å². The predicted octanol–water partition coefficient (Wildman–Crippen LogP) is -1.86. The number of carbonyl (C=O) groups is 3. The van der Waals surface area contributed by atoms with Gasteiger partial charge in [0, 0.05) is 12.2 Å². The van der Waals surface area contributed by atoms with Crippen LogP contribution in [0.4, 0.5) is 0 Å². The summed E-state index contributed by atoms with van der Waals surface area (Å²) in [5, 5.41) is 39.4. The number of aliphatic hydroxyl groups is 2. The fourth-order valence-corrected chi connectivity index (χ4v) is 0.221. The van der Waals surface area contributed by atoms with Gasteiger partial charge in [0.05, 0.1) is 6.61 Å². The molecular formula is C7H10O8. The molecule has 0 fully saturated rings. The number of aliphatic hydroxyl groups excluding tert-OH is 2. The van der Waals surface area contributed by atoms with E-state index in [4.69, 9.17) is 25.5 Å². The van der Waals surface area contributed by atoms with Crippen LogP contribution in [0, 0.1) is 0 Å². The molecule has 0 aliphatic rings. The molecule has 1 atom stereocenters. The van der Waals surface area contributed by atoms with Crippen molar-refractivity contribution in [3.8, 4) is 0 Å². The Bertz CT molecular complexity index is 240. The van der Waals surface area contributed by atoms with Gasteiger partial charge in [-0.3, -0.25) is 0 Å². The molecule has 1 unspecified atom stereocenters. The summed E-state index contributed by atoms with van der Waals surface area (Å²) < 4.78 is 0. The quantitative estimate of drug-likeness (QED) is 0.347. The summed E-state index contributed by atoms with van der Waals surface area (Å²) in [5.74, 6) is -3.91. The zero-order chi connectivity index (χ0) is 12.4. The molecule has 0 saturated heterocycles. The fraction of sp³-hybridized carbons (Fsp3) is 0.286. The average Bonchev–Trinajstić information content (AvgIpc) is 2.14. The Labute approximate surface area is 83.7 Å².